The van der Waals surface area contributed by atoms with Gasteiger partial charge in [-0.05, 0) is 35.0 Å². The number of H-pyrrole nitrogens is 1. The molecule has 0 aliphatic rings. The van der Waals surface area contributed by atoms with Gasteiger partial charge in [-0.15, -0.1) is 0 Å². The lowest BCUT2D eigenvalue weighted by Crippen LogP contribution is -2.14. The van der Waals surface area contributed by atoms with Crippen LogP contribution in [0.5, 0.6) is 0 Å². The molecular formula is C11H10BrFN4O. The van der Waals surface area contributed by atoms with Gasteiger partial charge in [0.25, 0.3) is 5.91 Å². The average Bonchev–Trinajstić information content (AvgIpc) is 2.64. The van der Waals surface area contributed by atoms with Crippen LogP contribution in [0.3, 0.4) is 0 Å². The number of aromatic amines is 1. The minimum Gasteiger partial charge on any atom is -0.394 e. The van der Waals surface area contributed by atoms with Crippen LogP contribution in [0.2, 0.25) is 0 Å². The molecule has 0 aliphatic carbocycles. The molecule has 2 aromatic rings. The molecule has 0 saturated heterocycles. The second kappa shape index (κ2) is 4.77. The van der Waals surface area contributed by atoms with Crippen molar-refractivity contribution in [2.24, 2.45) is 0 Å². The Hall–Kier alpha value is -1.89. The summed E-state index contributed by atoms with van der Waals surface area (Å²) in [5.74, 6) is -0.762. The highest BCUT2D eigenvalue weighted by molar-refractivity contribution is 9.10. The minimum atomic E-state index is -0.506. The molecule has 5 nitrogen and oxygen atoms in total. The maximum Gasteiger partial charge on any atom is 0.258 e. The first-order valence-electron chi connectivity index (χ1n) is 5.06. The van der Waals surface area contributed by atoms with Gasteiger partial charge < -0.3 is 11.1 Å². The lowest BCUT2D eigenvalue weighted by Gasteiger charge is -2.05. The molecular weight excluding hydrogens is 303 g/mol. The van der Waals surface area contributed by atoms with Gasteiger partial charge in [0.05, 0.1) is 21.4 Å². The fourth-order valence-corrected chi connectivity index (χ4v) is 1.83. The normalized spacial score (nSPS) is 10.4. The lowest BCUT2D eigenvalue weighted by molar-refractivity contribution is 0.102. The molecule has 2 rings (SSSR count). The molecule has 0 unspecified atom stereocenters. The number of benzene rings is 1. The zero-order chi connectivity index (χ0) is 13.3. The monoisotopic (exact) mass is 312 g/mol. The first kappa shape index (κ1) is 12.6. The van der Waals surface area contributed by atoms with Gasteiger partial charge in [-0.25, -0.2) is 4.39 Å². The summed E-state index contributed by atoms with van der Waals surface area (Å²) in [5, 5.41) is 9.00. The fourth-order valence-electron chi connectivity index (χ4n) is 1.39. The van der Waals surface area contributed by atoms with E-state index in [1.165, 1.54) is 18.2 Å². The molecule has 0 saturated carbocycles. The second-order valence-corrected chi connectivity index (χ2v) is 4.46. The molecule has 7 heteroatoms. The van der Waals surface area contributed by atoms with Crippen LogP contribution in [0.25, 0.3) is 0 Å². The summed E-state index contributed by atoms with van der Waals surface area (Å²) in [6.45, 7) is 1.73. The molecule has 1 amide bonds. The van der Waals surface area contributed by atoms with Crippen molar-refractivity contribution >= 4 is 33.3 Å². The smallest absolute Gasteiger partial charge is 0.258 e. The maximum absolute atomic E-state index is 13.3. The number of halogens is 2. The van der Waals surface area contributed by atoms with Gasteiger partial charge in [0, 0.05) is 0 Å². The van der Waals surface area contributed by atoms with Crippen molar-refractivity contribution in [3.63, 3.8) is 0 Å². The predicted octanol–water partition coefficient (Wildman–Crippen LogP) is 2.45. The topological polar surface area (TPSA) is 83.8 Å². The number of carbonyl (C=O) groups is 1. The summed E-state index contributed by atoms with van der Waals surface area (Å²) in [4.78, 5) is 11.9. The molecule has 0 spiro atoms. The van der Waals surface area contributed by atoms with Crippen molar-refractivity contribution < 1.29 is 9.18 Å². The Morgan fingerprint density at radius 1 is 1.56 bits per heavy atom. The van der Waals surface area contributed by atoms with Crippen LogP contribution in [0.1, 0.15) is 16.1 Å². The Bertz CT molecular complexity index is 611. The summed E-state index contributed by atoms with van der Waals surface area (Å²) in [5.41, 5.74) is 6.89. The molecule has 0 atom stereocenters. The van der Waals surface area contributed by atoms with Crippen LogP contribution in [0.4, 0.5) is 15.9 Å². The molecule has 0 bridgehead atoms. The molecule has 0 radical (unpaired) electrons. The molecule has 4 N–H and O–H groups in total. The molecule has 1 aromatic heterocycles. The zero-order valence-electron chi connectivity index (χ0n) is 9.42. The van der Waals surface area contributed by atoms with Crippen LogP contribution in [-0.4, -0.2) is 16.1 Å². The van der Waals surface area contributed by atoms with Gasteiger partial charge in [0.15, 0.2) is 5.82 Å². The highest BCUT2D eigenvalue weighted by Crippen LogP contribution is 2.23. The third-order valence-electron chi connectivity index (χ3n) is 2.42. The van der Waals surface area contributed by atoms with Crippen LogP contribution in [0, 0.1) is 12.7 Å². The zero-order valence-corrected chi connectivity index (χ0v) is 11.0. The number of carbonyl (C=O) groups excluding carboxylic acids is 1. The minimum absolute atomic E-state index is 0.105. The van der Waals surface area contributed by atoms with Gasteiger partial charge in [-0.1, -0.05) is 6.07 Å². The largest absolute Gasteiger partial charge is 0.394 e. The van der Waals surface area contributed by atoms with Crippen molar-refractivity contribution in [3.8, 4) is 0 Å². The van der Waals surface area contributed by atoms with E-state index in [0.717, 1.165) is 0 Å². The Morgan fingerprint density at radius 3 is 2.89 bits per heavy atom. The number of rotatable bonds is 2. The van der Waals surface area contributed by atoms with E-state index in [-0.39, 0.29) is 15.9 Å². The van der Waals surface area contributed by atoms with Crippen LogP contribution in [-0.2, 0) is 0 Å². The molecule has 1 aromatic carbocycles. The predicted molar refractivity (Wildman–Crippen MR) is 69.8 cm³/mol. The quantitative estimate of drug-likeness (QED) is 0.796. The number of aromatic nitrogens is 2. The number of anilines is 2. The van der Waals surface area contributed by atoms with E-state index in [9.17, 15) is 9.18 Å². The third kappa shape index (κ3) is 2.21. The SMILES string of the molecule is Cc1[nH]nc(NC(=O)c2cccc(F)c2Br)c1N. The highest BCUT2D eigenvalue weighted by Gasteiger charge is 2.16. The molecule has 0 fully saturated rings. The number of hydrogen-bond acceptors (Lipinski definition) is 3. The highest BCUT2D eigenvalue weighted by atomic mass is 79.9. The van der Waals surface area contributed by atoms with Crippen LogP contribution < -0.4 is 11.1 Å². The summed E-state index contributed by atoms with van der Waals surface area (Å²) < 4.78 is 13.4. The fraction of sp³-hybridized carbons (Fsp3) is 0.0909. The van der Waals surface area contributed by atoms with Crippen molar-refractivity contribution in [2.45, 2.75) is 6.92 Å². The number of nitrogen functional groups attached to an aromatic ring is 1. The van der Waals surface area contributed by atoms with E-state index in [0.29, 0.717) is 11.4 Å². The Morgan fingerprint density at radius 2 is 2.28 bits per heavy atom. The molecule has 1 heterocycles. The maximum atomic E-state index is 13.3. The summed E-state index contributed by atoms with van der Waals surface area (Å²) >= 11 is 3.02. The van der Waals surface area contributed by atoms with E-state index in [4.69, 9.17) is 5.73 Å². The van der Waals surface area contributed by atoms with E-state index in [2.05, 4.69) is 31.4 Å². The standard InChI is InChI=1S/C11H10BrFN4O/c1-5-9(14)10(17-16-5)15-11(18)6-3-2-4-7(13)8(6)12/h2-4H,14H2,1H3,(H2,15,16,17,18). The van der Waals surface area contributed by atoms with Crippen LogP contribution >= 0.6 is 15.9 Å². The lowest BCUT2D eigenvalue weighted by atomic mass is 10.2. The average molecular weight is 313 g/mol. The van der Waals surface area contributed by atoms with Gasteiger partial charge in [0.1, 0.15) is 5.82 Å². The number of amides is 1. The molecule has 0 aliphatic heterocycles. The van der Waals surface area contributed by atoms with Gasteiger partial charge in [-0.3, -0.25) is 9.89 Å². The van der Waals surface area contributed by atoms with Crippen molar-refractivity contribution in [1.29, 1.82) is 0 Å². The number of nitrogens with two attached hydrogens (primary N) is 1. The van der Waals surface area contributed by atoms with Gasteiger partial charge in [0.2, 0.25) is 0 Å². The Kier molecular flexibility index (Phi) is 3.33. The number of aryl methyl sites for hydroxylation is 1. The van der Waals surface area contributed by atoms with E-state index >= 15 is 0 Å². The second-order valence-electron chi connectivity index (χ2n) is 3.67. The Labute approximate surface area is 111 Å². The molecule has 18 heavy (non-hydrogen) atoms. The van der Waals surface area contributed by atoms with Gasteiger partial charge in [-0.2, -0.15) is 5.10 Å². The van der Waals surface area contributed by atoms with Crippen molar-refractivity contribution in [1.82, 2.24) is 10.2 Å². The van der Waals surface area contributed by atoms with Gasteiger partial charge >= 0.3 is 0 Å². The van der Waals surface area contributed by atoms with E-state index < -0.39 is 11.7 Å². The third-order valence-corrected chi connectivity index (χ3v) is 3.23. The first-order valence-corrected chi connectivity index (χ1v) is 5.85. The summed E-state index contributed by atoms with van der Waals surface area (Å²) in [6.07, 6.45) is 0. The van der Waals surface area contributed by atoms with Crippen LogP contribution in [0.15, 0.2) is 22.7 Å². The number of hydrogen-bond donors (Lipinski definition) is 3. The Balaban J connectivity index is 2.28. The summed E-state index contributed by atoms with van der Waals surface area (Å²) in [6, 6.07) is 4.21. The van der Waals surface area contributed by atoms with E-state index in [1.54, 1.807) is 6.92 Å². The number of nitrogens with one attached hydrogen (secondary N) is 2. The first-order chi connectivity index (χ1) is 8.50. The van der Waals surface area contributed by atoms with Crippen molar-refractivity contribution in [3.05, 3.63) is 39.7 Å². The number of nitrogens with zero attached hydrogens (tertiary/aromatic N) is 1. The van der Waals surface area contributed by atoms with Crippen molar-refractivity contribution in [2.75, 3.05) is 11.1 Å². The summed E-state index contributed by atoms with van der Waals surface area (Å²) in [7, 11) is 0. The molecule has 94 valence electrons. The van der Waals surface area contributed by atoms with E-state index in [1.807, 2.05) is 0 Å².